The standard InChI is InChI=1S/C14H31NO2/c1-7-8-9-17-11-13(16)10-15(6)12(2)14(3,4)5/h12-13,16H,7-11H2,1-6H3. The molecule has 0 aromatic rings. The van der Waals surface area contributed by atoms with Crippen LogP contribution in [0.3, 0.4) is 0 Å². The summed E-state index contributed by atoms with van der Waals surface area (Å²) in [6, 6.07) is 0.438. The molecular weight excluding hydrogens is 214 g/mol. The number of rotatable bonds is 8. The van der Waals surface area contributed by atoms with Crippen LogP contribution in [-0.4, -0.2) is 49.0 Å². The highest BCUT2D eigenvalue weighted by atomic mass is 16.5. The van der Waals surface area contributed by atoms with Gasteiger partial charge >= 0.3 is 0 Å². The van der Waals surface area contributed by atoms with Crippen LogP contribution < -0.4 is 0 Å². The van der Waals surface area contributed by atoms with Crippen LogP contribution in [0, 0.1) is 5.41 Å². The van der Waals surface area contributed by atoms with Crippen LogP contribution in [0.2, 0.25) is 0 Å². The van der Waals surface area contributed by atoms with E-state index in [9.17, 15) is 5.11 Å². The molecule has 17 heavy (non-hydrogen) atoms. The van der Waals surface area contributed by atoms with Crippen LogP contribution in [-0.2, 0) is 4.74 Å². The van der Waals surface area contributed by atoms with E-state index in [4.69, 9.17) is 4.74 Å². The summed E-state index contributed by atoms with van der Waals surface area (Å²) in [5.74, 6) is 0. The smallest absolute Gasteiger partial charge is 0.0900 e. The largest absolute Gasteiger partial charge is 0.389 e. The lowest BCUT2D eigenvalue weighted by Gasteiger charge is -2.36. The first kappa shape index (κ1) is 16.9. The first-order valence-corrected chi connectivity index (χ1v) is 6.75. The minimum absolute atomic E-state index is 0.234. The lowest BCUT2D eigenvalue weighted by molar-refractivity contribution is 0.00487. The minimum Gasteiger partial charge on any atom is -0.389 e. The Balaban J connectivity index is 3.83. The molecule has 0 aromatic carbocycles. The molecule has 104 valence electrons. The minimum atomic E-state index is -0.387. The number of unbranched alkanes of at least 4 members (excludes halogenated alkanes) is 1. The Hall–Kier alpha value is -0.120. The van der Waals surface area contributed by atoms with Crippen LogP contribution in [0.25, 0.3) is 0 Å². The SMILES string of the molecule is CCCCOCC(O)CN(C)C(C)C(C)(C)C. The molecule has 2 unspecified atom stereocenters. The number of hydrogen-bond acceptors (Lipinski definition) is 3. The predicted molar refractivity (Wildman–Crippen MR) is 73.3 cm³/mol. The topological polar surface area (TPSA) is 32.7 Å². The molecule has 0 radical (unpaired) electrons. The Morgan fingerprint density at radius 2 is 1.88 bits per heavy atom. The molecule has 0 spiro atoms. The zero-order valence-corrected chi connectivity index (χ0v) is 12.5. The summed E-state index contributed by atoms with van der Waals surface area (Å²) in [7, 11) is 2.06. The number of nitrogens with zero attached hydrogens (tertiary/aromatic N) is 1. The van der Waals surface area contributed by atoms with Crippen molar-refractivity contribution >= 4 is 0 Å². The highest BCUT2D eigenvalue weighted by molar-refractivity contribution is 4.78. The van der Waals surface area contributed by atoms with E-state index in [2.05, 4.69) is 46.6 Å². The van der Waals surface area contributed by atoms with Crippen molar-refractivity contribution in [3.63, 3.8) is 0 Å². The number of aliphatic hydroxyl groups excluding tert-OH is 1. The second-order valence-corrected chi connectivity index (χ2v) is 6.06. The lowest BCUT2D eigenvalue weighted by atomic mass is 9.87. The molecule has 0 heterocycles. The van der Waals surface area contributed by atoms with Crippen LogP contribution in [0.5, 0.6) is 0 Å². The fraction of sp³-hybridized carbons (Fsp3) is 1.00. The Morgan fingerprint density at radius 3 is 2.35 bits per heavy atom. The van der Waals surface area contributed by atoms with E-state index in [1.807, 2.05) is 0 Å². The Labute approximate surface area is 107 Å². The zero-order valence-electron chi connectivity index (χ0n) is 12.5. The van der Waals surface area contributed by atoms with Gasteiger partial charge in [0.25, 0.3) is 0 Å². The third-order valence-corrected chi connectivity index (χ3v) is 3.37. The van der Waals surface area contributed by atoms with E-state index in [1.165, 1.54) is 0 Å². The number of hydrogen-bond donors (Lipinski definition) is 1. The second kappa shape index (κ2) is 8.06. The molecule has 0 aliphatic carbocycles. The Morgan fingerprint density at radius 1 is 1.29 bits per heavy atom. The molecule has 0 aromatic heterocycles. The number of likely N-dealkylation sites (N-methyl/N-ethyl adjacent to an activating group) is 1. The van der Waals surface area contributed by atoms with Gasteiger partial charge < -0.3 is 14.7 Å². The molecule has 3 nitrogen and oxygen atoms in total. The van der Waals surface area contributed by atoms with Gasteiger partial charge in [-0.25, -0.2) is 0 Å². The van der Waals surface area contributed by atoms with E-state index < -0.39 is 0 Å². The molecular formula is C14H31NO2. The number of aliphatic hydroxyl groups is 1. The van der Waals surface area contributed by atoms with Gasteiger partial charge in [0.15, 0.2) is 0 Å². The van der Waals surface area contributed by atoms with Gasteiger partial charge in [0.2, 0.25) is 0 Å². The summed E-state index contributed by atoms with van der Waals surface area (Å²) in [6.45, 7) is 12.9. The van der Waals surface area contributed by atoms with Gasteiger partial charge in [0, 0.05) is 19.2 Å². The fourth-order valence-electron chi connectivity index (χ4n) is 1.67. The van der Waals surface area contributed by atoms with Gasteiger partial charge in [-0.15, -0.1) is 0 Å². The van der Waals surface area contributed by atoms with E-state index >= 15 is 0 Å². The van der Waals surface area contributed by atoms with Gasteiger partial charge in [-0.1, -0.05) is 34.1 Å². The van der Waals surface area contributed by atoms with Crippen LogP contribution in [0.15, 0.2) is 0 Å². The van der Waals surface area contributed by atoms with E-state index in [-0.39, 0.29) is 11.5 Å². The quantitative estimate of drug-likeness (QED) is 0.667. The molecule has 1 N–H and O–H groups in total. The van der Waals surface area contributed by atoms with Gasteiger partial charge in [-0.2, -0.15) is 0 Å². The molecule has 0 saturated carbocycles. The van der Waals surface area contributed by atoms with Crippen LogP contribution in [0.1, 0.15) is 47.5 Å². The van der Waals surface area contributed by atoms with Crippen molar-refractivity contribution < 1.29 is 9.84 Å². The third kappa shape index (κ3) is 7.74. The summed E-state index contributed by atoms with van der Waals surface area (Å²) in [5, 5.41) is 9.87. The van der Waals surface area contributed by atoms with Gasteiger partial charge in [-0.3, -0.25) is 0 Å². The lowest BCUT2D eigenvalue weighted by Crippen LogP contribution is -2.44. The van der Waals surface area contributed by atoms with Crippen LogP contribution in [0.4, 0.5) is 0 Å². The molecule has 0 aliphatic rings. The highest BCUT2D eigenvalue weighted by Crippen LogP contribution is 2.22. The summed E-state index contributed by atoms with van der Waals surface area (Å²) >= 11 is 0. The average molecular weight is 245 g/mol. The average Bonchev–Trinajstić information content (AvgIpc) is 2.22. The van der Waals surface area contributed by atoms with E-state index in [1.54, 1.807) is 0 Å². The maximum absolute atomic E-state index is 9.87. The molecule has 0 saturated heterocycles. The van der Waals surface area contributed by atoms with Crippen molar-refractivity contribution in [2.24, 2.45) is 5.41 Å². The molecule has 2 atom stereocenters. The van der Waals surface area contributed by atoms with Gasteiger partial charge in [0.05, 0.1) is 12.7 Å². The first-order chi connectivity index (χ1) is 7.79. The third-order valence-electron chi connectivity index (χ3n) is 3.37. The van der Waals surface area contributed by atoms with Gasteiger partial charge in [0.1, 0.15) is 0 Å². The highest BCUT2D eigenvalue weighted by Gasteiger charge is 2.24. The van der Waals surface area contributed by atoms with Crippen molar-refractivity contribution in [1.82, 2.24) is 4.90 Å². The molecule has 0 amide bonds. The Kier molecular flexibility index (Phi) is 8.01. The maximum atomic E-state index is 9.87. The second-order valence-electron chi connectivity index (χ2n) is 6.06. The summed E-state index contributed by atoms with van der Waals surface area (Å²) in [6.07, 6.45) is 1.82. The zero-order chi connectivity index (χ0) is 13.5. The molecule has 0 fully saturated rings. The summed E-state index contributed by atoms with van der Waals surface area (Å²) in [5.41, 5.74) is 0.234. The van der Waals surface area contributed by atoms with Crippen molar-refractivity contribution in [2.75, 3.05) is 26.8 Å². The molecule has 3 heteroatoms. The van der Waals surface area contributed by atoms with Crippen LogP contribution >= 0.6 is 0 Å². The monoisotopic (exact) mass is 245 g/mol. The molecule has 0 rings (SSSR count). The summed E-state index contributed by atoms with van der Waals surface area (Å²) < 4.78 is 5.43. The Bertz CT molecular complexity index is 189. The van der Waals surface area contributed by atoms with Gasteiger partial charge in [-0.05, 0) is 25.8 Å². The molecule has 0 bridgehead atoms. The van der Waals surface area contributed by atoms with Crippen molar-refractivity contribution in [2.45, 2.75) is 59.6 Å². The summed E-state index contributed by atoms with van der Waals surface area (Å²) in [4.78, 5) is 2.20. The van der Waals surface area contributed by atoms with Crippen molar-refractivity contribution in [1.29, 1.82) is 0 Å². The first-order valence-electron chi connectivity index (χ1n) is 6.75. The maximum Gasteiger partial charge on any atom is 0.0900 e. The predicted octanol–water partition coefficient (Wildman–Crippen LogP) is 2.53. The number of ether oxygens (including phenoxy) is 1. The normalized spacial score (nSPS) is 16.2. The van der Waals surface area contributed by atoms with Crippen molar-refractivity contribution in [3.05, 3.63) is 0 Å². The fourth-order valence-corrected chi connectivity index (χ4v) is 1.67. The van der Waals surface area contributed by atoms with Crippen molar-refractivity contribution in [3.8, 4) is 0 Å². The van der Waals surface area contributed by atoms with E-state index in [0.29, 0.717) is 19.2 Å². The molecule has 0 aliphatic heterocycles. The van der Waals surface area contributed by atoms with E-state index in [0.717, 1.165) is 19.4 Å².